The van der Waals surface area contributed by atoms with E-state index < -0.39 is 15.4 Å². The van der Waals surface area contributed by atoms with Gasteiger partial charge in [-0.2, -0.15) is 0 Å². The first-order valence-electron chi connectivity index (χ1n) is 11.5. The summed E-state index contributed by atoms with van der Waals surface area (Å²) < 4.78 is 0. The molecule has 2 saturated heterocycles. The molecule has 0 bridgehead atoms. The van der Waals surface area contributed by atoms with Gasteiger partial charge in [0.2, 0.25) is 0 Å². The second-order valence-corrected chi connectivity index (χ2v) is 12.5. The van der Waals surface area contributed by atoms with Crippen LogP contribution in [0.3, 0.4) is 0 Å². The van der Waals surface area contributed by atoms with Crippen LogP contribution in [0.2, 0.25) is 0 Å². The molecule has 1 aromatic rings. The van der Waals surface area contributed by atoms with Crippen molar-refractivity contribution in [1.82, 2.24) is 0 Å². The Labute approximate surface area is 202 Å². The maximum atomic E-state index is 4.92. The Morgan fingerprint density at radius 3 is 1.61 bits per heavy atom. The Balaban J connectivity index is 0.000000133. The van der Waals surface area contributed by atoms with Crippen LogP contribution in [0.25, 0.3) is 33.4 Å². The first-order chi connectivity index (χ1) is 15.3. The Hall–Kier alpha value is -0.564. The summed E-state index contributed by atoms with van der Waals surface area (Å²) in [5, 5.41) is 18.7. The van der Waals surface area contributed by atoms with Crippen molar-refractivity contribution < 1.29 is 0 Å². The van der Waals surface area contributed by atoms with Crippen LogP contribution in [0, 0.1) is 11.8 Å². The van der Waals surface area contributed by atoms with Crippen LogP contribution in [0.15, 0.2) is 24.3 Å². The third-order valence-corrected chi connectivity index (χ3v) is 6.89. The number of hydrogen-bond acceptors (Lipinski definition) is 0. The summed E-state index contributed by atoms with van der Waals surface area (Å²) in [4.78, 5) is 0. The fourth-order valence-electron chi connectivity index (χ4n) is 5.52. The van der Waals surface area contributed by atoms with Crippen molar-refractivity contribution in [3.8, 4) is 0 Å². The van der Waals surface area contributed by atoms with Gasteiger partial charge in [-0.05, 0) is 11.1 Å². The predicted molar refractivity (Wildman–Crippen MR) is 136 cm³/mol. The SMILES string of the molecule is C1=Cc2ccc3c(c2[N-]C1)[N-]CC=C3.C1C[N-]C2C(C1)CCC1CCC[N-]C12.[Cl][Ga][Cl]. The zero-order chi connectivity index (χ0) is 21.5. The van der Waals surface area contributed by atoms with E-state index in [0.29, 0.717) is 12.1 Å². The van der Waals surface area contributed by atoms with E-state index in [1.54, 1.807) is 0 Å². The monoisotopic (exact) mass is 513 g/mol. The minimum atomic E-state index is -0.743. The molecular weight excluding hydrogens is 485 g/mol. The molecule has 1 radical (unpaired) electrons. The summed E-state index contributed by atoms with van der Waals surface area (Å²) in [5.41, 5.74) is 4.51. The Morgan fingerprint density at radius 2 is 1.16 bits per heavy atom. The van der Waals surface area contributed by atoms with E-state index in [9.17, 15) is 0 Å². The van der Waals surface area contributed by atoms with Crippen LogP contribution < -0.4 is 0 Å². The van der Waals surface area contributed by atoms with Gasteiger partial charge in [0, 0.05) is 0 Å². The van der Waals surface area contributed by atoms with E-state index >= 15 is 0 Å². The summed E-state index contributed by atoms with van der Waals surface area (Å²) in [6, 6.07) is 5.47. The molecule has 0 aromatic heterocycles. The van der Waals surface area contributed by atoms with Crippen LogP contribution in [-0.4, -0.2) is 53.7 Å². The van der Waals surface area contributed by atoms with Gasteiger partial charge in [0.1, 0.15) is 0 Å². The van der Waals surface area contributed by atoms with Gasteiger partial charge in [0.15, 0.2) is 0 Å². The molecule has 31 heavy (non-hydrogen) atoms. The topological polar surface area (TPSA) is 56.4 Å². The molecule has 0 amide bonds. The van der Waals surface area contributed by atoms with Gasteiger partial charge < -0.3 is 21.3 Å². The number of fused-ring (bicyclic) bond motifs is 6. The van der Waals surface area contributed by atoms with Crippen LogP contribution in [-0.2, 0) is 0 Å². The van der Waals surface area contributed by atoms with Crippen LogP contribution in [0.5, 0.6) is 0 Å². The third-order valence-electron chi connectivity index (χ3n) is 6.89. The van der Waals surface area contributed by atoms with Crippen LogP contribution in [0.4, 0.5) is 11.4 Å². The molecule has 4 aliphatic heterocycles. The van der Waals surface area contributed by atoms with Crippen LogP contribution in [0.1, 0.15) is 49.7 Å². The molecule has 1 aliphatic carbocycles. The average Bonchev–Trinajstić information content (AvgIpc) is 2.85. The standard InChI is InChI=1S/C12H20N2.C12H10N2.2ClH.Ga/c2*1-3-9-5-6-10-4-2-8-14-12(10)11(9)13-7-1;;;/h9-12H,1-8H2;1-6H,7-8H2;2*1H;/q2*-2;;;+2/p-2. The zero-order valence-electron chi connectivity index (χ0n) is 18.0. The fraction of sp³-hybridized carbons (Fsp3) is 0.583. The van der Waals surface area contributed by atoms with Gasteiger partial charge in [0.05, 0.1) is 0 Å². The van der Waals surface area contributed by atoms with Gasteiger partial charge in [-0.25, -0.2) is 0 Å². The van der Waals surface area contributed by atoms with Crippen molar-refractivity contribution in [2.24, 2.45) is 11.8 Å². The first kappa shape index (κ1) is 23.6. The van der Waals surface area contributed by atoms with E-state index in [-0.39, 0.29) is 0 Å². The molecule has 6 rings (SSSR count). The number of nitrogens with zero attached hydrogens (tertiary/aromatic N) is 4. The zero-order valence-corrected chi connectivity index (χ0v) is 21.9. The van der Waals surface area contributed by atoms with Crippen molar-refractivity contribution in [3.63, 3.8) is 0 Å². The van der Waals surface area contributed by atoms with Crippen molar-refractivity contribution >= 4 is 58.2 Å². The van der Waals surface area contributed by atoms with Gasteiger partial charge in [-0.15, -0.1) is 61.8 Å². The fourth-order valence-corrected chi connectivity index (χ4v) is 5.52. The third kappa shape index (κ3) is 5.87. The Bertz CT molecular complexity index is 722. The van der Waals surface area contributed by atoms with E-state index in [4.69, 9.17) is 29.9 Å². The molecule has 5 aliphatic rings. The van der Waals surface area contributed by atoms with Gasteiger partial charge >= 0.3 is 34.7 Å². The minimum absolute atomic E-state index is 0.628. The molecule has 167 valence electrons. The van der Waals surface area contributed by atoms with Crippen LogP contribution >= 0.6 is 19.3 Å². The Morgan fingerprint density at radius 1 is 0.710 bits per heavy atom. The molecule has 0 N–H and O–H groups in total. The maximum absolute atomic E-state index is 4.92. The molecule has 7 heteroatoms. The quantitative estimate of drug-likeness (QED) is 0.317. The molecule has 4 nitrogen and oxygen atoms in total. The second-order valence-electron chi connectivity index (χ2n) is 8.69. The molecule has 4 atom stereocenters. The van der Waals surface area contributed by atoms with E-state index in [1.165, 1.54) is 49.7 Å². The number of hydrogen-bond donors (Lipinski definition) is 0. The first-order valence-corrected chi connectivity index (χ1v) is 17.9. The summed E-state index contributed by atoms with van der Waals surface area (Å²) in [6.07, 6.45) is 16.8. The number of benzene rings is 1. The van der Waals surface area contributed by atoms with E-state index in [1.807, 2.05) is 0 Å². The van der Waals surface area contributed by atoms with E-state index in [2.05, 4.69) is 47.1 Å². The number of halogens is 2. The second kappa shape index (κ2) is 12.1. The Kier molecular flexibility index (Phi) is 9.17. The van der Waals surface area contributed by atoms with Crippen molar-refractivity contribution in [2.45, 2.75) is 50.6 Å². The summed E-state index contributed by atoms with van der Waals surface area (Å²) >= 11 is -0.743. The molecule has 4 unspecified atom stereocenters. The summed E-state index contributed by atoms with van der Waals surface area (Å²) in [6.45, 7) is 3.78. The van der Waals surface area contributed by atoms with E-state index in [0.717, 1.165) is 49.4 Å². The summed E-state index contributed by atoms with van der Waals surface area (Å²) in [7, 11) is 9.84. The normalized spacial score (nSPS) is 29.6. The van der Waals surface area contributed by atoms with Gasteiger partial charge in [-0.3, -0.25) is 0 Å². The molecule has 3 fully saturated rings. The molecule has 1 saturated carbocycles. The number of piperidine rings is 2. The molecule has 4 heterocycles. The molecular formula is C24H30Cl2GaN4-4. The van der Waals surface area contributed by atoms with Crippen molar-refractivity contribution in [2.75, 3.05) is 26.2 Å². The summed E-state index contributed by atoms with van der Waals surface area (Å²) in [5.74, 6) is 1.79. The van der Waals surface area contributed by atoms with Crippen molar-refractivity contribution in [1.29, 1.82) is 0 Å². The predicted octanol–water partition coefficient (Wildman–Crippen LogP) is 7.83. The molecule has 1 aromatic carbocycles. The van der Waals surface area contributed by atoms with Gasteiger partial charge in [-0.1, -0.05) is 74.6 Å². The average molecular weight is 515 g/mol. The van der Waals surface area contributed by atoms with Crippen molar-refractivity contribution in [3.05, 3.63) is 56.7 Å². The molecule has 0 spiro atoms. The number of rotatable bonds is 0. The van der Waals surface area contributed by atoms with Gasteiger partial charge in [0.25, 0.3) is 0 Å².